The minimum absolute atomic E-state index is 0. The Labute approximate surface area is 288 Å². The molecule has 9 nitrogen and oxygen atoms in total. The van der Waals surface area contributed by atoms with Gasteiger partial charge in [-0.3, -0.25) is 4.79 Å². The van der Waals surface area contributed by atoms with Crippen molar-refractivity contribution in [2.45, 2.75) is 31.7 Å². The molecule has 4 aromatic rings. The van der Waals surface area contributed by atoms with Crippen molar-refractivity contribution in [3.05, 3.63) is 78.5 Å². The van der Waals surface area contributed by atoms with Gasteiger partial charge in [0.2, 0.25) is 11.9 Å². The van der Waals surface area contributed by atoms with Crippen LogP contribution in [0.3, 0.4) is 0 Å². The molecule has 1 aromatic heterocycles. The molecule has 1 spiro atoms. The second kappa shape index (κ2) is 13.9. The van der Waals surface area contributed by atoms with E-state index < -0.39 is 7.14 Å². The Morgan fingerprint density at radius 1 is 1.06 bits per heavy atom. The van der Waals surface area contributed by atoms with Crippen LogP contribution in [0.5, 0.6) is 0 Å². The van der Waals surface area contributed by atoms with E-state index in [-0.39, 0.29) is 18.3 Å². The van der Waals surface area contributed by atoms with E-state index in [4.69, 9.17) is 11.6 Å². The van der Waals surface area contributed by atoms with E-state index >= 15 is 0 Å². The molecule has 0 bridgehead atoms. The molecule has 1 aliphatic heterocycles. The van der Waals surface area contributed by atoms with Gasteiger partial charge >= 0.3 is 0 Å². The highest BCUT2D eigenvalue weighted by molar-refractivity contribution is 7.71. The number of aromatic nitrogens is 2. The number of carbonyl (C=O) groups excluding carboxylic acids is 1. The molecule has 1 saturated carbocycles. The number of rotatable bonds is 9. The van der Waals surface area contributed by atoms with Crippen LogP contribution in [0.1, 0.15) is 25.7 Å². The van der Waals surface area contributed by atoms with E-state index in [1.807, 2.05) is 54.6 Å². The van der Waals surface area contributed by atoms with Gasteiger partial charge in [-0.1, -0.05) is 48.5 Å². The summed E-state index contributed by atoms with van der Waals surface area (Å²) in [6.07, 6.45) is 7.60. The molecule has 2 aliphatic rings. The van der Waals surface area contributed by atoms with Gasteiger partial charge < -0.3 is 30.3 Å². The van der Waals surface area contributed by atoms with Crippen molar-refractivity contribution < 1.29 is 9.36 Å². The number of piperidine rings is 1. The van der Waals surface area contributed by atoms with Gasteiger partial charge in [-0.05, 0) is 99.6 Å². The number of hydrogen-bond donors (Lipinski definition) is 3. The van der Waals surface area contributed by atoms with Gasteiger partial charge in [0.25, 0.3) is 0 Å². The zero-order chi connectivity index (χ0) is 32.6. The first-order valence-electron chi connectivity index (χ1n) is 15.6. The summed E-state index contributed by atoms with van der Waals surface area (Å²) in [7, 11) is 1.65. The highest BCUT2D eigenvalue weighted by atomic mass is 35.5. The summed E-state index contributed by atoms with van der Waals surface area (Å²) in [5, 5.41) is 12.6. The maximum Gasteiger partial charge on any atom is 0.247 e. The zero-order valence-electron chi connectivity index (χ0n) is 27.2. The monoisotopic (exact) mass is 693 g/mol. The van der Waals surface area contributed by atoms with Crippen molar-refractivity contribution in [3.63, 3.8) is 0 Å². The molecule has 3 aromatic carbocycles. The summed E-state index contributed by atoms with van der Waals surface area (Å²) >= 11 is 6.55. The first-order chi connectivity index (χ1) is 21.9. The molecule has 0 unspecified atom stereocenters. The molecule has 1 amide bonds. The Morgan fingerprint density at radius 3 is 2.47 bits per heavy atom. The molecule has 3 N–H and O–H groups in total. The fourth-order valence-corrected chi connectivity index (χ4v) is 8.45. The molecular formula is C35H42Cl2N7O2P. The number of fused-ring (bicyclic) bond motifs is 1. The third-order valence-corrected chi connectivity index (χ3v) is 11.2. The normalized spacial score (nSPS) is 16.0. The maximum atomic E-state index is 13.4. The Balaban J connectivity index is 0.00000433. The first kappa shape index (κ1) is 34.7. The lowest BCUT2D eigenvalue weighted by Crippen LogP contribution is -2.53. The Bertz CT molecular complexity index is 1850. The Hall–Kier alpha value is -3.62. The number of anilines is 6. The summed E-state index contributed by atoms with van der Waals surface area (Å²) in [5.74, 6) is 0.430. The summed E-state index contributed by atoms with van der Waals surface area (Å²) < 4.78 is 13.4. The molecule has 2 fully saturated rings. The first-order valence-corrected chi connectivity index (χ1v) is 18.6. The minimum atomic E-state index is -2.68. The summed E-state index contributed by atoms with van der Waals surface area (Å²) in [5.41, 5.74) is 3.50. The fraction of sp³-hybridized carbons (Fsp3) is 0.343. The van der Waals surface area contributed by atoms with Crippen LogP contribution in [0, 0.1) is 5.41 Å². The third kappa shape index (κ3) is 7.44. The van der Waals surface area contributed by atoms with Crippen LogP contribution >= 0.6 is 31.1 Å². The SMILES string of the molecule is C=CC(=O)Nc1cc(Nc2ncc(Cl)c(Nc3ccc4ccccc4c3P(C)(C)=O)n2)ccc1N1CCC2(CC1)CC(N(C)C)C2.Cl. The molecule has 12 heteroatoms. The highest BCUT2D eigenvalue weighted by Crippen LogP contribution is 2.51. The van der Waals surface area contributed by atoms with Crippen molar-refractivity contribution >= 4 is 87.6 Å². The van der Waals surface area contributed by atoms with Crippen LogP contribution < -0.4 is 26.2 Å². The number of hydrogen-bond acceptors (Lipinski definition) is 8. The van der Waals surface area contributed by atoms with Crippen molar-refractivity contribution in [2.75, 3.05) is 61.4 Å². The van der Waals surface area contributed by atoms with Crippen LogP contribution in [0.2, 0.25) is 5.02 Å². The van der Waals surface area contributed by atoms with Crippen LogP contribution in [0.25, 0.3) is 10.8 Å². The van der Waals surface area contributed by atoms with E-state index in [2.05, 4.69) is 56.4 Å². The van der Waals surface area contributed by atoms with Gasteiger partial charge in [-0.2, -0.15) is 4.98 Å². The smallest absolute Gasteiger partial charge is 0.247 e. The standard InChI is InChI=1S/C35H41ClN7O2P.ClH/c1-6-31(44)39-29-19-24(12-14-30(29)43-17-15-35(16-18-43)20-25(21-35)42(2)3)38-34-37-22-27(36)33(41-34)40-28-13-11-23-9-7-8-10-26(23)32(28)46(4,5)45;/h6-14,19,22,25H,1,15-18,20-21H2,2-5H3,(H,39,44)(H2,37,38,40,41);1H. The minimum Gasteiger partial charge on any atom is -0.370 e. The van der Waals surface area contributed by atoms with Crippen LogP contribution in [-0.2, 0) is 9.36 Å². The quantitative estimate of drug-likeness (QED) is 0.120. The van der Waals surface area contributed by atoms with Gasteiger partial charge in [-0.25, -0.2) is 4.98 Å². The van der Waals surface area contributed by atoms with Gasteiger partial charge in [0.1, 0.15) is 12.2 Å². The predicted octanol–water partition coefficient (Wildman–Crippen LogP) is 7.88. The molecule has 2 heterocycles. The summed E-state index contributed by atoms with van der Waals surface area (Å²) in [6.45, 7) is 9.04. The van der Waals surface area contributed by atoms with Gasteiger partial charge in [-0.15, -0.1) is 12.4 Å². The van der Waals surface area contributed by atoms with E-state index in [1.165, 1.54) is 25.1 Å². The lowest BCUT2D eigenvalue weighted by atomic mass is 9.60. The maximum absolute atomic E-state index is 13.4. The second-order valence-electron chi connectivity index (χ2n) is 13.1. The molecule has 0 radical (unpaired) electrons. The summed E-state index contributed by atoms with van der Waals surface area (Å²) in [4.78, 5) is 26.2. The number of nitrogens with zero attached hydrogens (tertiary/aromatic N) is 4. The Morgan fingerprint density at radius 2 is 1.79 bits per heavy atom. The van der Waals surface area contributed by atoms with E-state index in [0.717, 1.165) is 47.7 Å². The number of benzene rings is 3. The molecular weight excluding hydrogens is 652 g/mol. The Kier molecular flexibility index (Phi) is 10.2. The average molecular weight is 695 g/mol. The molecule has 1 saturated heterocycles. The molecule has 1 aliphatic carbocycles. The molecule has 0 atom stereocenters. The number of nitrogens with one attached hydrogen (secondary N) is 3. The van der Waals surface area contributed by atoms with Crippen LogP contribution in [0.15, 0.2) is 73.4 Å². The van der Waals surface area contributed by atoms with E-state index in [9.17, 15) is 9.36 Å². The lowest BCUT2D eigenvalue weighted by Gasteiger charge is -2.54. The molecule has 6 rings (SSSR count). The molecule has 248 valence electrons. The van der Waals surface area contributed by atoms with E-state index in [0.29, 0.717) is 45.3 Å². The van der Waals surface area contributed by atoms with Crippen molar-refractivity contribution in [1.82, 2.24) is 14.9 Å². The second-order valence-corrected chi connectivity index (χ2v) is 16.7. The third-order valence-electron chi connectivity index (χ3n) is 9.36. The van der Waals surface area contributed by atoms with E-state index in [1.54, 1.807) is 13.3 Å². The topological polar surface area (TPSA) is 102 Å². The van der Waals surface area contributed by atoms with Crippen LogP contribution in [0.4, 0.5) is 34.5 Å². The van der Waals surface area contributed by atoms with Gasteiger partial charge in [0, 0.05) is 30.1 Å². The highest BCUT2D eigenvalue weighted by Gasteiger charge is 2.46. The zero-order valence-corrected chi connectivity index (χ0v) is 29.7. The van der Waals surface area contributed by atoms with Gasteiger partial charge in [0.05, 0.1) is 23.3 Å². The lowest BCUT2D eigenvalue weighted by molar-refractivity contribution is -0.111. The number of halogens is 2. The van der Waals surface area contributed by atoms with Crippen LogP contribution in [-0.4, -0.2) is 67.3 Å². The fourth-order valence-electron chi connectivity index (χ4n) is 6.82. The van der Waals surface area contributed by atoms with Gasteiger partial charge in [0.15, 0.2) is 5.82 Å². The molecule has 47 heavy (non-hydrogen) atoms. The van der Waals surface area contributed by atoms with Crippen molar-refractivity contribution in [1.29, 1.82) is 0 Å². The largest absolute Gasteiger partial charge is 0.370 e. The van der Waals surface area contributed by atoms with Crippen molar-refractivity contribution in [2.24, 2.45) is 5.41 Å². The number of carbonyl (C=O) groups is 1. The summed E-state index contributed by atoms with van der Waals surface area (Å²) in [6, 6.07) is 18.3. The number of amides is 1. The average Bonchev–Trinajstić information content (AvgIpc) is 3.01. The van der Waals surface area contributed by atoms with Crippen molar-refractivity contribution in [3.8, 4) is 0 Å². The predicted molar refractivity (Wildman–Crippen MR) is 200 cm³/mol.